The van der Waals surface area contributed by atoms with Crippen LogP contribution in [0.15, 0.2) is 30.3 Å². The Balaban J connectivity index is 2.30. The molecule has 0 heterocycles. The molecular formula is C15H24N2O2. The van der Waals surface area contributed by atoms with Crippen LogP contribution in [0.3, 0.4) is 0 Å². The van der Waals surface area contributed by atoms with Crippen LogP contribution in [0, 0.1) is 5.41 Å². The van der Waals surface area contributed by atoms with E-state index in [1.165, 1.54) is 0 Å². The van der Waals surface area contributed by atoms with Gasteiger partial charge in [-0.25, -0.2) is 0 Å². The molecule has 0 spiro atoms. The first-order chi connectivity index (χ1) is 9.02. The Bertz CT molecular complexity index is 369. The maximum Gasteiger partial charge on any atom is 0.284 e. The summed E-state index contributed by atoms with van der Waals surface area (Å²) in [4.78, 5) is 1.93. The minimum Gasteiger partial charge on any atom is -0.490 e. The summed E-state index contributed by atoms with van der Waals surface area (Å²) in [6.07, 6.45) is 0. The largest absolute Gasteiger partial charge is 0.490 e. The summed E-state index contributed by atoms with van der Waals surface area (Å²) in [6, 6.07) is 10.3. The molecule has 0 aliphatic rings. The summed E-state index contributed by atoms with van der Waals surface area (Å²) in [6.45, 7) is 9.04. The highest BCUT2D eigenvalue weighted by Gasteiger charge is 2.17. The van der Waals surface area contributed by atoms with Gasteiger partial charge in [-0.3, -0.25) is 5.41 Å². The van der Waals surface area contributed by atoms with Crippen molar-refractivity contribution < 1.29 is 9.47 Å². The number of nitrogens with zero attached hydrogens (tertiary/aromatic N) is 1. The zero-order chi connectivity index (χ0) is 14.3. The van der Waals surface area contributed by atoms with Gasteiger partial charge in [-0.05, 0) is 39.8 Å². The molecule has 0 aromatic heterocycles. The Morgan fingerprint density at radius 1 is 1.05 bits per heavy atom. The van der Waals surface area contributed by atoms with E-state index in [0.717, 1.165) is 5.75 Å². The normalized spacial score (nSPS) is 10.6. The highest BCUT2D eigenvalue weighted by molar-refractivity contribution is 5.70. The van der Waals surface area contributed by atoms with Crippen LogP contribution in [-0.2, 0) is 4.74 Å². The molecule has 0 saturated carbocycles. The molecule has 0 saturated heterocycles. The lowest BCUT2D eigenvalue weighted by Crippen LogP contribution is -2.43. The van der Waals surface area contributed by atoms with E-state index in [4.69, 9.17) is 14.9 Å². The first-order valence-corrected chi connectivity index (χ1v) is 6.70. The van der Waals surface area contributed by atoms with E-state index in [-0.39, 0.29) is 18.1 Å². The predicted octanol–water partition coefficient (Wildman–Crippen LogP) is 3.14. The standard InChI is InChI=1S/C15H24N2O2/c1-12(2)17(13(3)4)15(16)19-11-10-18-14-8-6-5-7-9-14/h5-9,12-13,16H,10-11H2,1-4H3. The van der Waals surface area contributed by atoms with E-state index in [2.05, 4.69) is 27.7 Å². The minimum atomic E-state index is 0.210. The van der Waals surface area contributed by atoms with Gasteiger partial charge >= 0.3 is 0 Å². The molecule has 0 atom stereocenters. The van der Waals surface area contributed by atoms with Gasteiger partial charge in [0.2, 0.25) is 0 Å². The third-order valence-electron chi connectivity index (χ3n) is 2.68. The van der Waals surface area contributed by atoms with Crippen molar-refractivity contribution in [1.29, 1.82) is 5.41 Å². The van der Waals surface area contributed by atoms with Crippen molar-refractivity contribution in [3.05, 3.63) is 30.3 Å². The van der Waals surface area contributed by atoms with Crippen LogP contribution >= 0.6 is 0 Å². The number of rotatable bonds is 6. The molecule has 1 aromatic carbocycles. The Morgan fingerprint density at radius 3 is 2.16 bits per heavy atom. The molecule has 4 nitrogen and oxygen atoms in total. The number of benzene rings is 1. The van der Waals surface area contributed by atoms with Gasteiger partial charge in [-0.2, -0.15) is 0 Å². The third kappa shape index (κ3) is 5.20. The molecule has 0 amide bonds. The average Bonchev–Trinajstić information content (AvgIpc) is 2.35. The number of para-hydroxylation sites is 1. The van der Waals surface area contributed by atoms with Crippen molar-refractivity contribution in [2.45, 2.75) is 39.8 Å². The highest BCUT2D eigenvalue weighted by Crippen LogP contribution is 2.09. The molecule has 0 aliphatic heterocycles. The molecule has 0 aliphatic carbocycles. The lowest BCUT2D eigenvalue weighted by molar-refractivity contribution is 0.151. The van der Waals surface area contributed by atoms with Gasteiger partial charge in [0.15, 0.2) is 0 Å². The first-order valence-electron chi connectivity index (χ1n) is 6.70. The number of amidine groups is 1. The van der Waals surface area contributed by atoms with Gasteiger partial charge in [-0.15, -0.1) is 0 Å². The number of hydrogen-bond donors (Lipinski definition) is 1. The Labute approximate surface area is 115 Å². The quantitative estimate of drug-likeness (QED) is 0.488. The minimum absolute atomic E-state index is 0.210. The summed E-state index contributed by atoms with van der Waals surface area (Å²) in [5.74, 6) is 0.821. The fraction of sp³-hybridized carbons (Fsp3) is 0.533. The second kappa shape index (κ2) is 7.67. The summed E-state index contributed by atoms with van der Waals surface area (Å²) < 4.78 is 10.9. The van der Waals surface area contributed by atoms with Crippen molar-refractivity contribution in [3.63, 3.8) is 0 Å². The summed E-state index contributed by atoms with van der Waals surface area (Å²) in [5.41, 5.74) is 0. The summed E-state index contributed by atoms with van der Waals surface area (Å²) in [5, 5.41) is 7.94. The van der Waals surface area contributed by atoms with Crippen molar-refractivity contribution in [1.82, 2.24) is 4.90 Å². The van der Waals surface area contributed by atoms with Gasteiger partial charge in [0.25, 0.3) is 6.02 Å². The van der Waals surface area contributed by atoms with Crippen LogP contribution in [0.25, 0.3) is 0 Å². The van der Waals surface area contributed by atoms with Gasteiger partial charge in [0.05, 0.1) is 0 Å². The number of ether oxygens (including phenoxy) is 2. The molecule has 0 fully saturated rings. The van der Waals surface area contributed by atoms with Gasteiger partial charge in [0, 0.05) is 12.1 Å². The van der Waals surface area contributed by atoms with Crippen LogP contribution in [0.1, 0.15) is 27.7 Å². The lowest BCUT2D eigenvalue weighted by Gasteiger charge is -2.31. The van der Waals surface area contributed by atoms with Crippen LogP contribution in [0.2, 0.25) is 0 Å². The van der Waals surface area contributed by atoms with Crippen LogP contribution in [0.5, 0.6) is 5.75 Å². The molecule has 0 unspecified atom stereocenters. The van der Waals surface area contributed by atoms with Gasteiger partial charge < -0.3 is 14.4 Å². The van der Waals surface area contributed by atoms with E-state index in [9.17, 15) is 0 Å². The third-order valence-corrected chi connectivity index (χ3v) is 2.68. The maximum absolute atomic E-state index is 7.94. The fourth-order valence-electron chi connectivity index (χ4n) is 1.95. The number of nitrogens with one attached hydrogen (secondary N) is 1. The Kier molecular flexibility index (Phi) is 6.19. The van der Waals surface area contributed by atoms with Gasteiger partial charge in [0.1, 0.15) is 19.0 Å². The molecule has 1 N–H and O–H groups in total. The van der Waals surface area contributed by atoms with E-state index < -0.39 is 0 Å². The lowest BCUT2D eigenvalue weighted by atomic mass is 10.2. The van der Waals surface area contributed by atoms with Crippen molar-refractivity contribution >= 4 is 6.02 Å². The van der Waals surface area contributed by atoms with Crippen molar-refractivity contribution in [2.24, 2.45) is 0 Å². The monoisotopic (exact) mass is 264 g/mol. The van der Waals surface area contributed by atoms with Crippen LogP contribution < -0.4 is 4.74 Å². The molecule has 1 aromatic rings. The van der Waals surface area contributed by atoms with Crippen molar-refractivity contribution in [3.8, 4) is 5.75 Å². The predicted molar refractivity (Wildman–Crippen MR) is 77.7 cm³/mol. The smallest absolute Gasteiger partial charge is 0.284 e. The molecule has 106 valence electrons. The molecule has 0 bridgehead atoms. The average molecular weight is 264 g/mol. The second-order valence-corrected chi connectivity index (χ2v) is 4.91. The van der Waals surface area contributed by atoms with E-state index in [1.807, 2.05) is 35.2 Å². The first kappa shape index (κ1) is 15.3. The molecule has 19 heavy (non-hydrogen) atoms. The topological polar surface area (TPSA) is 45.6 Å². The van der Waals surface area contributed by atoms with Crippen molar-refractivity contribution in [2.75, 3.05) is 13.2 Å². The van der Waals surface area contributed by atoms with Crippen LogP contribution in [-0.4, -0.2) is 36.2 Å². The zero-order valence-electron chi connectivity index (χ0n) is 12.2. The SMILES string of the molecule is CC(C)N(C(=N)OCCOc1ccccc1)C(C)C. The summed E-state index contributed by atoms with van der Waals surface area (Å²) in [7, 11) is 0. The second-order valence-electron chi connectivity index (χ2n) is 4.91. The Morgan fingerprint density at radius 2 is 1.63 bits per heavy atom. The van der Waals surface area contributed by atoms with E-state index in [1.54, 1.807) is 0 Å². The van der Waals surface area contributed by atoms with Crippen LogP contribution in [0.4, 0.5) is 0 Å². The molecule has 0 radical (unpaired) electrons. The van der Waals surface area contributed by atoms with E-state index >= 15 is 0 Å². The Hall–Kier alpha value is -1.71. The molecule has 4 heteroatoms. The fourth-order valence-corrected chi connectivity index (χ4v) is 1.95. The van der Waals surface area contributed by atoms with E-state index in [0.29, 0.717) is 13.2 Å². The molecular weight excluding hydrogens is 240 g/mol. The zero-order valence-corrected chi connectivity index (χ0v) is 12.2. The van der Waals surface area contributed by atoms with Gasteiger partial charge in [-0.1, -0.05) is 18.2 Å². The number of hydrogen-bond acceptors (Lipinski definition) is 3. The maximum atomic E-state index is 7.94. The molecule has 1 rings (SSSR count). The summed E-state index contributed by atoms with van der Waals surface area (Å²) >= 11 is 0. The highest BCUT2D eigenvalue weighted by atomic mass is 16.5.